The Labute approximate surface area is 185 Å². The highest BCUT2D eigenvalue weighted by atomic mass is 32.2. The number of nitrogens with one attached hydrogen (secondary N) is 1. The van der Waals surface area contributed by atoms with Gasteiger partial charge in [0.2, 0.25) is 5.91 Å². The number of carbonyl (C=O) groups is 2. The zero-order valence-corrected chi connectivity index (χ0v) is 18.6. The average molecular weight is 436 g/mol. The molecule has 3 aromatic rings. The fourth-order valence-corrected chi connectivity index (χ4v) is 4.37. The number of fused-ring (bicyclic) bond motifs is 1. The number of aromatic nitrogens is 2. The summed E-state index contributed by atoms with van der Waals surface area (Å²) in [7, 11) is 0. The molecule has 0 radical (unpaired) electrons. The lowest BCUT2D eigenvalue weighted by Crippen LogP contribution is -2.24. The lowest BCUT2D eigenvalue weighted by Gasteiger charge is -2.16. The Kier molecular flexibility index (Phi) is 5.96. The summed E-state index contributed by atoms with van der Waals surface area (Å²) >= 11 is 1.32. The van der Waals surface area contributed by atoms with Crippen LogP contribution < -0.4 is 10.9 Å². The first-order valence-corrected chi connectivity index (χ1v) is 11.4. The van der Waals surface area contributed by atoms with Crippen molar-refractivity contribution in [2.45, 2.75) is 50.1 Å². The van der Waals surface area contributed by atoms with Crippen LogP contribution in [0.5, 0.6) is 0 Å². The average Bonchev–Trinajstić information content (AvgIpc) is 3.59. The Hall–Kier alpha value is -2.93. The lowest BCUT2D eigenvalue weighted by atomic mass is 10.1. The van der Waals surface area contributed by atoms with Crippen LogP contribution in [0.3, 0.4) is 0 Å². The molecule has 1 atom stereocenters. The number of amides is 1. The summed E-state index contributed by atoms with van der Waals surface area (Å²) in [5.74, 6) is -0.226. The molecule has 6 nitrogen and oxygen atoms in total. The van der Waals surface area contributed by atoms with Gasteiger partial charge in [0.05, 0.1) is 16.2 Å². The van der Waals surface area contributed by atoms with E-state index in [9.17, 15) is 14.4 Å². The van der Waals surface area contributed by atoms with Crippen molar-refractivity contribution in [2.24, 2.45) is 5.92 Å². The van der Waals surface area contributed by atoms with Gasteiger partial charge in [0, 0.05) is 23.2 Å². The van der Waals surface area contributed by atoms with Gasteiger partial charge >= 0.3 is 0 Å². The van der Waals surface area contributed by atoms with Crippen molar-refractivity contribution in [1.82, 2.24) is 9.55 Å². The monoisotopic (exact) mass is 435 g/mol. The highest BCUT2D eigenvalue weighted by Crippen LogP contribution is 2.38. The molecule has 0 spiro atoms. The molecule has 7 heteroatoms. The summed E-state index contributed by atoms with van der Waals surface area (Å²) in [6, 6.07) is 14.4. The Morgan fingerprint density at radius 1 is 1.06 bits per heavy atom. The van der Waals surface area contributed by atoms with Crippen LogP contribution in [0.2, 0.25) is 0 Å². The van der Waals surface area contributed by atoms with Crippen LogP contribution in [-0.4, -0.2) is 26.5 Å². The van der Waals surface area contributed by atoms with Crippen LogP contribution in [0.1, 0.15) is 50.0 Å². The number of hydrogen-bond donors (Lipinski definition) is 1. The summed E-state index contributed by atoms with van der Waals surface area (Å²) in [6.07, 6.45) is 1.92. The van der Waals surface area contributed by atoms with Gasteiger partial charge in [-0.3, -0.25) is 19.0 Å². The van der Waals surface area contributed by atoms with E-state index in [1.165, 1.54) is 11.8 Å². The molecule has 2 aromatic carbocycles. The highest BCUT2D eigenvalue weighted by Gasteiger charge is 2.30. The van der Waals surface area contributed by atoms with E-state index in [1.807, 2.05) is 39.0 Å². The van der Waals surface area contributed by atoms with Crippen molar-refractivity contribution in [1.29, 1.82) is 0 Å². The largest absolute Gasteiger partial charge is 0.326 e. The lowest BCUT2D eigenvalue weighted by molar-refractivity contribution is -0.118. The Morgan fingerprint density at radius 3 is 2.39 bits per heavy atom. The molecule has 0 aliphatic heterocycles. The minimum atomic E-state index is -0.408. The summed E-state index contributed by atoms with van der Waals surface area (Å²) in [5.41, 5.74) is 1.83. The van der Waals surface area contributed by atoms with Gasteiger partial charge in [0.25, 0.3) is 5.56 Å². The maximum absolute atomic E-state index is 13.0. The summed E-state index contributed by atoms with van der Waals surface area (Å²) in [6.45, 7) is 5.49. The Bertz CT molecular complexity index is 1200. The second-order valence-corrected chi connectivity index (χ2v) is 9.47. The Balaban J connectivity index is 1.55. The number of thioether (sulfide) groups is 1. The molecule has 1 N–H and O–H groups in total. The number of para-hydroxylation sites is 1. The second kappa shape index (κ2) is 8.67. The van der Waals surface area contributed by atoms with Crippen molar-refractivity contribution >= 4 is 40.0 Å². The number of rotatable bonds is 7. The SMILES string of the molecule is CC(C)C(=O)Nc1ccc(C(=O)[C@H](C)Sc2nc3ccccc3c(=O)n2C2CC2)cc1. The molecule has 0 unspecified atom stereocenters. The molecular weight excluding hydrogens is 410 g/mol. The highest BCUT2D eigenvalue weighted by molar-refractivity contribution is 8.00. The first kappa shape index (κ1) is 21.3. The molecule has 160 valence electrons. The third kappa shape index (κ3) is 4.56. The van der Waals surface area contributed by atoms with Crippen molar-refractivity contribution in [3.63, 3.8) is 0 Å². The fraction of sp³-hybridized carbons (Fsp3) is 0.333. The van der Waals surface area contributed by atoms with Gasteiger partial charge in [-0.05, 0) is 56.2 Å². The van der Waals surface area contributed by atoms with Crippen LogP contribution in [0.25, 0.3) is 10.9 Å². The fourth-order valence-electron chi connectivity index (χ4n) is 3.31. The molecule has 1 aromatic heterocycles. The number of hydrogen-bond acceptors (Lipinski definition) is 5. The number of anilines is 1. The first-order chi connectivity index (χ1) is 14.8. The van der Waals surface area contributed by atoms with Crippen LogP contribution >= 0.6 is 11.8 Å². The summed E-state index contributed by atoms with van der Waals surface area (Å²) in [4.78, 5) is 42.6. The summed E-state index contributed by atoms with van der Waals surface area (Å²) in [5, 5.41) is 3.61. The van der Waals surface area contributed by atoms with E-state index in [0.717, 1.165) is 12.8 Å². The van der Waals surface area contributed by atoms with Gasteiger partial charge < -0.3 is 5.32 Å². The predicted molar refractivity (Wildman–Crippen MR) is 124 cm³/mol. The second-order valence-electron chi connectivity index (χ2n) is 8.16. The molecule has 1 saturated carbocycles. The molecule has 1 fully saturated rings. The van der Waals surface area contributed by atoms with Crippen molar-refractivity contribution in [3.8, 4) is 0 Å². The van der Waals surface area contributed by atoms with Gasteiger partial charge in [0.15, 0.2) is 10.9 Å². The van der Waals surface area contributed by atoms with Gasteiger partial charge in [-0.1, -0.05) is 37.7 Å². The van der Waals surface area contributed by atoms with E-state index in [2.05, 4.69) is 5.32 Å². The maximum Gasteiger partial charge on any atom is 0.262 e. The van der Waals surface area contributed by atoms with Crippen molar-refractivity contribution in [2.75, 3.05) is 5.32 Å². The molecule has 1 amide bonds. The van der Waals surface area contributed by atoms with Crippen LogP contribution in [0.4, 0.5) is 5.69 Å². The number of carbonyl (C=O) groups excluding carboxylic acids is 2. The van der Waals surface area contributed by atoms with E-state index in [1.54, 1.807) is 34.9 Å². The van der Waals surface area contributed by atoms with Crippen molar-refractivity contribution < 1.29 is 9.59 Å². The number of benzene rings is 2. The predicted octanol–water partition coefficient (Wildman–Crippen LogP) is 4.69. The maximum atomic E-state index is 13.0. The van der Waals surface area contributed by atoms with E-state index < -0.39 is 5.25 Å². The quantitative estimate of drug-likeness (QED) is 0.331. The third-order valence-corrected chi connectivity index (χ3v) is 6.37. The minimum absolute atomic E-state index is 0.0412. The molecule has 1 heterocycles. The number of ketones is 1. The smallest absolute Gasteiger partial charge is 0.262 e. The Morgan fingerprint density at radius 2 is 1.74 bits per heavy atom. The number of Topliss-reactive ketones (excluding diaryl/α,β-unsaturated/α-hetero) is 1. The van der Waals surface area contributed by atoms with E-state index in [0.29, 0.717) is 27.3 Å². The van der Waals surface area contributed by atoms with Crippen LogP contribution in [0, 0.1) is 5.92 Å². The van der Waals surface area contributed by atoms with Crippen molar-refractivity contribution in [3.05, 3.63) is 64.4 Å². The molecule has 0 saturated heterocycles. The van der Waals surface area contributed by atoms with Gasteiger partial charge in [-0.15, -0.1) is 0 Å². The van der Waals surface area contributed by atoms with Gasteiger partial charge in [-0.25, -0.2) is 4.98 Å². The van der Waals surface area contributed by atoms with E-state index in [4.69, 9.17) is 4.98 Å². The number of nitrogens with zero attached hydrogens (tertiary/aromatic N) is 2. The molecule has 1 aliphatic carbocycles. The normalized spacial score (nSPS) is 14.6. The standard InChI is InChI=1S/C24H25N3O3S/c1-14(2)22(29)25-17-10-8-16(9-11-17)21(28)15(3)31-24-26-20-7-5-4-6-19(20)23(30)27(24)18-12-13-18/h4-11,14-15,18H,12-13H2,1-3H3,(H,25,29)/t15-/m0/s1. The zero-order chi connectivity index (χ0) is 22.1. The van der Waals surface area contributed by atoms with Gasteiger partial charge in [-0.2, -0.15) is 0 Å². The molecular formula is C24H25N3O3S. The molecule has 31 heavy (non-hydrogen) atoms. The minimum Gasteiger partial charge on any atom is -0.326 e. The molecule has 1 aliphatic rings. The zero-order valence-electron chi connectivity index (χ0n) is 17.8. The van der Waals surface area contributed by atoms with Gasteiger partial charge in [0.1, 0.15) is 0 Å². The first-order valence-electron chi connectivity index (χ1n) is 10.5. The topological polar surface area (TPSA) is 81.1 Å². The van der Waals surface area contributed by atoms with E-state index in [-0.39, 0.29) is 29.2 Å². The molecule has 0 bridgehead atoms. The van der Waals surface area contributed by atoms with Crippen LogP contribution in [-0.2, 0) is 4.79 Å². The molecule has 4 rings (SSSR count). The summed E-state index contributed by atoms with van der Waals surface area (Å²) < 4.78 is 1.75. The van der Waals surface area contributed by atoms with Crippen LogP contribution in [0.15, 0.2) is 58.5 Å². The van der Waals surface area contributed by atoms with E-state index >= 15 is 0 Å². The third-order valence-electron chi connectivity index (χ3n) is 5.30.